The maximum absolute atomic E-state index is 12.6. The van der Waals surface area contributed by atoms with Gasteiger partial charge in [-0.25, -0.2) is 4.98 Å². The molecule has 1 aliphatic heterocycles. The lowest BCUT2D eigenvalue weighted by molar-refractivity contribution is 0.588. The number of nitrogens with one attached hydrogen (secondary N) is 1. The van der Waals surface area contributed by atoms with E-state index in [2.05, 4.69) is 20.2 Å². The minimum absolute atomic E-state index is 0.0877. The van der Waals surface area contributed by atoms with E-state index in [4.69, 9.17) is 0 Å². The molecule has 0 bridgehead atoms. The first-order valence-electron chi connectivity index (χ1n) is 8.14. The summed E-state index contributed by atoms with van der Waals surface area (Å²) in [5.41, 5.74) is 3.84. The van der Waals surface area contributed by atoms with Crippen LogP contribution >= 0.6 is 0 Å². The van der Waals surface area contributed by atoms with Crippen LogP contribution in [0.3, 0.4) is 0 Å². The molecule has 1 aliphatic rings. The zero-order valence-corrected chi connectivity index (χ0v) is 13.6. The van der Waals surface area contributed by atoms with Crippen LogP contribution in [0.25, 0.3) is 17.0 Å². The highest BCUT2D eigenvalue weighted by Gasteiger charge is 2.12. The van der Waals surface area contributed by atoms with Crippen molar-refractivity contribution in [1.82, 2.24) is 19.7 Å². The SMILES string of the molecule is Cc1cccc(-c2cc(=O)n3cc(N4CCNCC4)ccc3n2)n1. The van der Waals surface area contributed by atoms with Crippen molar-refractivity contribution in [2.24, 2.45) is 0 Å². The average Bonchev–Trinajstić information content (AvgIpc) is 2.62. The number of fused-ring (bicyclic) bond motifs is 1. The zero-order valence-electron chi connectivity index (χ0n) is 13.6. The standard InChI is InChI=1S/C18H19N5O/c1-13-3-2-4-15(20-13)16-11-18(24)23-12-14(5-6-17(23)21-16)22-9-7-19-8-10-22/h2-6,11-12,19H,7-10H2,1H3. The van der Waals surface area contributed by atoms with E-state index in [1.54, 1.807) is 10.5 Å². The molecule has 0 aliphatic carbocycles. The van der Waals surface area contributed by atoms with Crippen LogP contribution in [0.5, 0.6) is 0 Å². The molecule has 4 rings (SSSR count). The Hall–Kier alpha value is -2.73. The van der Waals surface area contributed by atoms with Crippen LogP contribution in [0.2, 0.25) is 0 Å². The quantitative estimate of drug-likeness (QED) is 0.774. The number of rotatable bonds is 2. The van der Waals surface area contributed by atoms with Crippen molar-refractivity contribution in [2.45, 2.75) is 6.92 Å². The number of hydrogen-bond acceptors (Lipinski definition) is 5. The summed E-state index contributed by atoms with van der Waals surface area (Å²) in [6, 6.07) is 11.2. The predicted octanol–water partition coefficient (Wildman–Crippen LogP) is 1.47. The summed E-state index contributed by atoms with van der Waals surface area (Å²) < 4.78 is 1.61. The van der Waals surface area contributed by atoms with Crippen molar-refractivity contribution >= 4 is 11.3 Å². The van der Waals surface area contributed by atoms with E-state index >= 15 is 0 Å². The first-order valence-corrected chi connectivity index (χ1v) is 8.14. The van der Waals surface area contributed by atoms with Gasteiger partial charge in [0.2, 0.25) is 0 Å². The van der Waals surface area contributed by atoms with Crippen LogP contribution in [0.1, 0.15) is 5.69 Å². The van der Waals surface area contributed by atoms with Crippen molar-refractivity contribution in [3.63, 3.8) is 0 Å². The van der Waals surface area contributed by atoms with Crippen molar-refractivity contribution in [3.8, 4) is 11.4 Å². The number of aromatic nitrogens is 3. The predicted molar refractivity (Wildman–Crippen MR) is 94.5 cm³/mol. The third kappa shape index (κ3) is 2.76. The highest BCUT2D eigenvalue weighted by atomic mass is 16.1. The molecule has 0 amide bonds. The second kappa shape index (κ2) is 6.05. The second-order valence-electron chi connectivity index (χ2n) is 6.00. The zero-order chi connectivity index (χ0) is 16.5. The Balaban J connectivity index is 1.78. The molecule has 3 aromatic heterocycles. The van der Waals surface area contributed by atoms with Gasteiger partial charge in [0.05, 0.1) is 17.1 Å². The van der Waals surface area contributed by atoms with Crippen LogP contribution in [-0.4, -0.2) is 40.5 Å². The Bertz CT molecular complexity index is 944. The monoisotopic (exact) mass is 321 g/mol. The van der Waals surface area contributed by atoms with Crippen molar-refractivity contribution < 1.29 is 0 Å². The maximum atomic E-state index is 12.6. The van der Waals surface area contributed by atoms with Crippen LogP contribution in [0.4, 0.5) is 5.69 Å². The van der Waals surface area contributed by atoms with E-state index in [9.17, 15) is 4.79 Å². The Morgan fingerprint density at radius 1 is 1.04 bits per heavy atom. The average molecular weight is 321 g/mol. The van der Waals surface area contributed by atoms with Gasteiger partial charge in [0, 0.05) is 44.1 Å². The summed E-state index contributed by atoms with van der Waals surface area (Å²) in [6.45, 7) is 5.74. The summed E-state index contributed by atoms with van der Waals surface area (Å²) >= 11 is 0. The molecule has 0 unspecified atom stereocenters. The van der Waals surface area contributed by atoms with Gasteiger partial charge in [-0.2, -0.15) is 0 Å². The van der Waals surface area contributed by atoms with E-state index in [0.29, 0.717) is 11.3 Å². The number of pyridine rings is 2. The lowest BCUT2D eigenvalue weighted by atomic mass is 10.2. The summed E-state index contributed by atoms with van der Waals surface area (Å²) in [5, 5.41) is 3.33. The molecule has 6 nitrogen and oxygen atoms in total. The lowest BCUT2D eigenvalue weighted by Gasteiger charge is -2.29. The fraction of sp³-hybridized carbons (Fsp3) is 0.278. The molecular weight excluding hydrogens is 302 g/mol. The molecule has 0 saturated carbocycles. The molecule has 1 saturated heterocycles. The molecule has 0 radical (unpaired) electrons. The first kappa shape index (κ1) is 14.8. The van der Waals surface area contributed by atoms with Gasteiger partial charge in [-0.15, -0.1) is 0 Å². The van der Waals surface area contributed by atoms with Crippen LogP contribution < -0.4 is 15.8 Å². The molecule has 6 heteroatoms. The molecule has 4 heterocycles. The molecule has 122 valence electrons. The number of anilines is 1. The van der Waals surface area contributed by atoms with Gasteiger partial charge in [-0.05, 0) is 31.2 Å². The number of piperazine rings is 1. The van der Waals surface area contributed by atoms with Gasteiger partial charge in [0.1, 0.15) is 5.65 Å². The maximum Gasteiger partial charge on any atom is 0.258 e. The Morgan fingerprint density at radius 2 is 1.88 bits per heavy atom. The molecule has 0 spiro atoms. The lowest BCUT2D eigenvalue weighted by Crippen LogP contribution is -2.43. The molecule has 3 aromatic rings. The van der Waals surface area contributed by atoms with Gasteiger partial charge in [-0.1, -0.05) is 6.07 Å². The first-order chi connectivity index (χ1) is 11.7. The normalized spacial score (nSPS) is 15.0. The highest BCUT2D eigenvalue weighted by molar-refractivity contribution is 5.59. The smallest absolute Gasteiger partial charge is 0.258 e. The van der Waals surface area contributed by atoms with E-state index in [1.165, 1.54) is 0 Å². The molecular formula is C18H19N5O. The number of aryl methyl sites for hydroxylation is 1. The minimum Gasteiger partial charge on any atom is -0.368 e. The molecule has 0 aromatic carbocycles. The third-order valence-electron chi connectivity index (χ3n) is 4.28. The molecule has 1 fully saturated rings. The van der Waals surface area contributed by atoms with Gasteiger partial charge >= 0.3 is 0 Å². The fourth-order valence-electron chi connectivity index (χ4n) is 3.02. The van der Waals surface area contributed by atoms with E-state index in [-0.39, 0.29) is 5.56 Å². The largest absolute Gasteiger partial charge is 0.368 e. The van der Waals surface area contributed by atoms with Crippen LogP contribution in [-0.2, 0) is 0 Å². The van der Waals surface area contributed by atoms with E-state index < -0.39 is 0 Å². The Labute approximate surface area is 139 Å². The van der Waals surface area contributed by atoms with Crippen molar-refractivity contribution in [3.05, 3.63) is 58.6 Å². The van der Waals surface area contributed by atoms with Crippen LogP contribution in [0, 0.1) is 6.92 Å². The second-order valence-corrected chi connectivity index (χ2v) is 6.00. The number of nitrogens with zero attached hydrogens (tertiary/aromatic N) is 4. The minimum atomic E-state index is -0.0877. The molecule has 1 N–H and O–H groups in total. The fourth-order valence-corrected chi connectivity index (χ4v) is 3.02. The Kier molecular flexibility index (Phi) is 3.74. The van der Waals surface area contributed by atoms with Gasteiger partial charge < -0.3 is 10.2 Å². The summed E-state index contributed by atoms with van der Waals surface area (Å²) in [4.78, 5) is 23.9. The topological polar surface area (TPSA) is 62.5 Å². The summed E-state index contributed by atoms with van der Waals surface area (Å²) in [6.07, 6.45) is 1.88. The summed E-state index contributed by atoms with van der Waals surface area (Å²) in [7, 11) is 0. The van der Waals surface area contributed by atoms with Crippen molar-refractivity contribution in [2.75, 3.05) is 31.1 Å². The van der Waals surface area contributed by atoms with Gasteiger partial charge in [0.25, 0.3) is 5.56 Å². The summed E-state index contributed by atoms with van der Waals surface area (Å²) in [5.74, 6) is 0. The Morgan fingerprint density at radius 3 is 2.67 bits per heavy atom. The van der Waals surface area contributed by atoms with Crippen molar-refractivity contribution in [1.29, 1.82) is 0 Å². The van der Waals surface area contributed by atoms with Gasteiger partial charge in [-0.3, -0.25) is 14.2 Å². The van der Waals surface area contributed by atoms with E-state index in [1.807, 2.05) is 43.5 Å². The molecule has 24 heavy (non-hydrogen) atoms. The highest BCUT2D eigenvalue weighted by Crippen LogP contribution is 2.18. The van der Waals surface area contributed by atoms with Crippen LogP contribution in [0.15, 0.2) is 47.4 Å². The third-order valence-corrected chi connectivity index (χ3v) is 4.28. The number of hydrogen-bond donors (Lipinski definition) is 1. The van der Waals surface area contributed by atoms with Gasteiger partial charge in [0.15, 0.2) is 0 Å². The van der Waals surface area contributed by atoms with E-state index in [0.717, 1.165) is 43.3 Å². The molecule has 0 atom stereocenters.